The van der Waals surface area contributed by atoms with Crippen LogP contribution < -0.4 is 5.32 Å². The lowest BCUT2D eigenvalue weighted by atomic mass is 10.1. The molecular weight excluding hydrogens is 416 g/mol. The second-order valence-corrected chi connectivity index (χ2v) is 9.11. The zero-order valence-corrected chi connectivity index (χ0v) is 18.7. The Morgan fingerprint density at radius 1 is 1.13 bits per heavy atom. The van der Waals surface area contributed by atoms with Crippen molar-refractivity contribution in [1.82, 2.24) is 4.57 Å². The van der Waals surface area contributed by atoms with Gasteiger partial charge in [-0.05, 0) is 49.4 Å². The summed E-state index contributed by atoms with van der Waals surface area (Å²) >= 11 is 3.00. The number of benzene rings is 1. The maximum Gasteiger partial charge on any atom is 0.341 e. The van der Waals surface area contributed by atoms with Crippen LogP contribution in [-0.4, -0.2) is 23.1 Å². The number of carbonyl (C=O) groups is 2. The van der Waals surface area contributed by atoms with Gasteiger partial charge in [0.15, 0.2) is 0 Å². The molecule has 0 aliphatic carbocycles. The van der Waals surface area contributed by atoms with Crippen LogP contribution in [0, 0.1) is 13.8 Å². The monoisotopic (exact) mass is 438 g/mol. The number of hydrogen-bond donors (Lipinski definition) is 1. The Labute approximate surface area is 182 Å². The van der Waals surface area contributed by atoms with Gasteiger partial charge in [-0.1, -0.05) is 30.3 Å². The number of fused-ring (bicyclic) bond motifs is 1. The summed E-state index contributed by atoms with van der Waals surface area (Å²) in [5.41, 5.74) is 3.99. The number of nitrogens with one attached hydrogen (secondary N) is 1. The molecule has 3 aromatic heterocycles. The number of rotatable bonds is 6. The summed E-state index contributed by atoms with van der Waals surface area (Å²) in [4.78, 5) is 26.7. The molecular formula is C23H22N2O3S2. The number of esters is 1. The lowest BCUT2D eigenvalue weighted by Crippen LogP contribution is -2.19. The molecule has 0 spiro atoms. The van der Waals surface area contributed by atoms with E-state index in [1.165, 1.54) is 11.3 Å². The number of carbonyl (C=O) groups excluding carboxylic acids is 2. The fraction of sp³-hybridized carbons (Fsp3) is 0.217. The van der Waals surface area contributed by atoms with Gasteiger partial charge in [0, 0.05) is 11.4 Å². The lowest BCUT2D eigenvalue weighted by Gasteiger charge is -2.11. The van der Waals surface area contributed by atoms with E-state index in [4.69, 9.17) is 4.74 Å². The maximum absolute atomic E-state index is 13.3. The average molecular weight is 439 g/mol. The summed E-state index contributed by atoms with van der Waals surface area (Å²) in [5, 5.41) is 5.53. The Balaban J connectivity index is 1.70. The highest BCUT2D eigenvalue weighted by atomic mass is 32.1. The highest BCUT2D eigenvalue weighted by molar-refractivity contribution is 7.17. The standard InChI is InChI=1S/C23H22N2O3S2/c1-4-28-23(27)20-14(2)15(3)30-22(20)24-21(26)18-12-19-17(10-11-29-19)25(18)13-16-8-6-5-7-9-16/h5-12H,4,13H2,1-3H3,(H,24,26). The third-order valence-corrected chi connectivity index (χ3v) is 7.01. The first kappa shape index (κ1) is 20.4. The van der Waals surface area contributed by atoms with Gasteiger partial charge in [-0.15, -0.1) is 22.7 Å². The largest absolute Gasteiger partial charge is 0.462 e. The molecule has 4 aromatic rings. The molecule has 0 saturated carbocycles. The molecule has 154 valence electrons. The summed E-state index contributed by atoms with van der Waals surface area (Å²) < 4.78 is 8.28. The Kier molecular flexibility index (Phi) is 5.74. The van der Waals surface area contributed by atoms with Crippen LogP contribution in [0.25, 0.3) is 10.2 Å². The molecule has 1 aromatic carbocycles. The quantitative estimate of drug-likeness (QED) is 0.384. The summed E-state index contributed by atoms with van der Waals surface area (Å²) in [6, 6.07) is 14.0. The Morgan fingerprint density at radius 3 is 2.63 bits per heavy atom. The first-order valence-corrected chi connectivity index (χ1v) is 11.4. The van der Waals surface area contributed by atoms with E-state index >= 15 is 0 Å². The smallest absolute Gasteiger partial charge is 0.341 e. The van der Waals surface area contributed by atoms with Crippen LogP contribution in [-0.2, 0) is 11.3 Å². The van der Waals surface area contributed by atoms with Crippen LogP contribution in [0.1, 0.15) is 43.8 Å². The molecule has 30 heavy (non-hydrogen) atoms. The number of amides is 1. The van der Waals surface area contributed by atoms with Gasteiger partial charge < -0.3 is 14.6 Å². The molecule has 0 unspecified atom stereocenters. The molecule has 0 atom stereocenters. The van der Waals surface area contributed by atoms with Gasteiger partial charge in [0.05, 0.1) is 22.4 Å². The molecule has 0 fully saturated rings. The van der Waals surface area contributed by atoms with Crippen LogP contribution in [0.3, 0.4) is 0 Å². The van der Waals surface area contributed by atoms with Crippen molar-refractivity contribution < 1.29 is 14.3 Å². The van der Waals surface area contributed by atoms with E-state index in [9.17, 15) is 9.59 Å². The van der Waals surface area contributed by atoms with E-state index in [2.05, 4.69) is 5.32 Å². The highest BCUT2D eigenvalue weighted by Gasteiger charge is 2.24. The Morgan fingerprint density at radius 2 is 1.90 bits per heavy atom. The Bertz CT molecular complexity index is 1220. The minimum absolute atomic E-state index is 0.235. The molecule has 3 heterocycles. The van der Waals surface area contributed by atoms with Crippen molar-refractivity contribution in [3.8, 4) is 0 Å². The average Bonchev–Trinajstić information content (AvgIpc) is 3.38. The minimum Gasteiger partial charge on any atom is -0.462 e. The van der Waals surface area contributed by atoms with E-state index < -0.39 is 5.97 Å². The van der Waals surface area contributed by atoms with Crippen molar-refractivity contribution in [2.24, 2.45) is 0 Å². The van der Waals surface area contributed by atoms with Gasteiger partial charge in [0.1, 0.15) is 10.7 Å². The number of hydrogen-bond acceptors (Lipinski definition) is 5. The number of nitrogens with zero attached hydrogens (tertiary/aromatic N) is 1. The molecule has 1 N–H and O–H groups in total. The number of anilines is 1. The zero-order chi connectivity index (χ0) is 21.3. The molecule has 5 nitrogen and oxygen atoms in total. The second kappa shape index (κ2) is 8.45. The van der Waals surface area contributed by atoms with Crippen LogP contribution in [0.5, 0.6) is 0 Å². The summed E-state index contributed by atoms with van der Waals surface area (Å²) in [7, 11) is 0. The van der Waals surface area contributed by atoms with Gasteiger partial charge in [0.2, 0.25) is 0 Å². The van der Waals surface area contributed by atoms with Crippen molar-refractivity contribution in [3.05, 3.63) is 75.1 Å². The lowest BCUT2D eigenvalue weighted by molar-refractivity contribution is 0.0527. The maximum atomic E-state index is 13.3. The van der Waals surface area contributed by atoms with E-state index in [0.717, 1.165) is 26.2 Å². The normalized spacial score (nSPS) is 11.0. The first-order chi connectivity index (χ1) is 14.5. The van der Waals surface area contributed by atoms with Crippen molar-refractivity contribution in [2.45, 2.75) is 27.3 Å². The van der Waals surface area contributed by atoms with Crippen LogP contribution in [0.2, 0.25) is 0 Å². The third kappa shape index (κ3) is 3.78. The molecule has 0 aliphatic heterocycles. The SMILES string of the molecule is CCOC(=O)c1c(NC(=O)c2cc3sccc3n2Cc2ccccc2)sc(C)c1C. The zero-order valence-electron chi connectivity index (χ0n) is 17.0. The summed E-state index contributed by atoms with van der Waals surface area (Å²) in [5.74, 6) is -0.642. The van der Waals surface area contributed by atoms with Gasteiger partial charge in [0.25, 0.3) is 5.91 Å². The molecule has 0 aliphatic rings. The van der Waals surface area contributed by atoms with Crippen molar-refractivity contribution in [1.29, 1.82) is 0 Å². The van der Waals surface area contributed by atoms with E-state index in [1.807, 2.05) is 66.3 Å². The van der Waals surface area contributed by atoms with Crippen LogP contribution in [0.15, 0.2) is 47.8 Å². The fourth-order valence-corrected chi connectivity index (χ4v) is 5.30. The predicted molar refractivity (Wildman–Crippen MR) is 123 cm³/mol. The predicted octanol–water partition coefficient (Wildman–Crippen LogP) is 5.86. The molecule has 0 bridgehead atoms. The van der Waals surface area contributed by atoms with Crippen molar-refractivity contribution in [3.63, 3.8) is 0 Å². The molecule has 0 radical (unpaired) electrons. The number of aromatic nitrogens is 1. The van der Waals surface area contributed by atoms with Crippen LogP contribution >= 0.6 is 22.7 Å². The molecule has 4 rings (SSSR count). The summed E-state index contributed by atoms with van der Waals surface area (Å²) in [6.07, 6.45) is 0. The minimum atomic E-state index is -0.407. The van der Waals surface area contributed by atoms with Gasteiger partial charge in [-0.3, -0.25) is 4.79 Å². The number of aryl methyl sites for hydroxylation is 1. The van der Waals surface area contributed by atoms with E-state index in [-0.39, 0.29) is 12.5 Å². The van der Waals surface area contributed by atoms with E-state index in [0.29, 0.717) is 22.8 Å². The van der Waals surface area contributed by atoms with Gasteiger partial charge in [-0.25, -0.2) is 4.79 Å². The second-order valence-electron chi connectivity index (χ2n) is 6.93. The van der Waals surface area contributed by atoms with Gasteiger partial charge in [-0.2, -0.15) is 0 Å². The van der Waals surface area contributed by atoms with E-state index in [1.54, 1.807) is 18.3 Å². The first-order valence-electron chi connectivity index (χ1n) is 9.68. The molecule has 0 saturated heterocycles. The number of ether oxygens (including phenoxy) is 1. The number of thiophene rings is 2. The highest BCUT2D eigenvalue weighted by Crippen LogP contribution is 2.34. The van der Waals surface area contributed by atoms with Crippen molar-refractivity contribution in [2.75, 3.05) is 11.9 Å². The summed E-state index contributed by atoms with van der Waals surface area (Å²) in [6.45, 7) is 6.47. The Hall–Kier alpha value is -2.90. The molecule has 7 heteroatoms. The van der Waals surface area contributed by atoms with Gasteiger partial charge >= 0.3 is 5.97 Å². The molecule has 1 amide bonds. The third-order valence-electron chi connectivity index (χ3n) is 5.03. The fourth-order valence-electron chi connectivity index (χ4n) is 3.43. The van der Waals surface area contributed by atoms with Crippen LogP contribution in [0.4, 0.5) is 5.00 Å². The topological polar surface area (TPSA) is 60.3 Å². The van der Waals surface area contributed by atoms with Crippen molar-refractivity contribution >= 4 is 49.8 Å².